The number of aryl methyl sites for hydroxylation is 1. The molecule has 8 nitrogen and oxygen atoms in total. The number of hydrogen-bond donors (Lipinski definition) is 2. The molecule has 8 heteroatoms. The summed E-state index contributed by atoms with van der Waals surface area (Å²) in [7, 11) is 0. The molecule has 2 atom stereocenters. The molecule has 0 bridgehead atoms. The zero-order valence-corrected chi connectivity index (χ0v) is 13.9. The molecule has 1 fully saturated rings. The number of rotatable bonds is 6. The van der Waals surface area contributed by atoms with Crippen LogP contribution in [0.3, 0.4) is 0 Å². The molecule has 1 aliphatic heterocycles. The second kappa shape index (κ2) is 6.35. The first-order valence-corrected chi connectivity index (χ1v) is 8.64. The van der Waals surface area contributed by atoms with Crippen LogP contribution in [0.25, 0.3) is 0 Å². The minimum absolute atomic E-state index is 0.0378. The average molecular weight is 329 g/mol. The Bertz CT molecular complexity index is 718. The summed E-state index contributed by atoms with van der Waals surface area (Å²) in [5, 5.41) is 14.9. The van der Waals surface area contributed by atoms with Gasteiger partial charge >= 0.3 is 0 Å². The molecule has 3 heterocycles. The van der Waals surface area contributed by atoms with Gasteiger partial charge in [0.15, 0.2) is 0 Å². The van der Waals surface area contributed by atoms with E-state index in [0.29, 0.717) is 12.0 Å². The van der Waals surface area contributed by atoms with Crippen molar-refractivity contribution in [3.05, 3.63) is 24.4 Å². The van der Waals surface area contributed by atoms with Gasteiger partial charge < -0.3 is 10.6 Å². The Balaban J connectivity index is 1.29. The predicted octanol–water partition coefficient (Wildman–Crippen LogP) is 0.989. The van der Waals surface area contributed by atoms with E-state index < -0.39 is 0 Å². The van der Waals surface area contributed by atoms with Gasteiger partial charge in [-0.2, -0.15) is 10.2 Å². The summed E-state index contributed by atoms with van der Waals surface area (Å²) in [5.74, 6) is 2.46. The van der Waals surface area contributed by atoms with Crippen molar-refractivity contribution in [1.29, 1.82) is 0 Å². The summed E-state index contributed by atoms with van der Waals surface area (Å²) in [6.45, 7) is 3.22. The van der Waals surface area contributed by atoms with E-state index in [1.807, 2.05) is 15.4 Å². The van der Waals surface area contributed by atoms with E-state index in [9.17, 15) is 4.79 Å². The molecule has 1 amide bonds. The molecule has 2 aromatic heterocycles. The maximum atomic E-state index is 12.3. The highest BCUT2D eigenvalue weighted by Gasteiger charge is 2.30. The van der Waals surface area contributed by atoms with Gasteiger partial charge in [-0.15, -0.1) is 0 Å². The third-order valence-corrected chi connectivity index (χ3v) is 4.98. The number of anilines is 1. The molecule has 1 aliphatic carbocycles. The van der Waals surface area contributed by atoms with E-state index in [2.05, 4.69) is 32.7 Å². The van der Waals surface area contributed by atoms with Crippen molar-refractivity contribution < 1.29 is 4.79 Å². The number of nitrogens with zero attached hydrogens (tertiary/aromatic N) is 5. The van der Waals surface area contributed by atoms with Crippen LogP contribution in [0.4, 0.5) is 5.82 Å². The lowest BCUT2D eigenvalue weighted by atomic mass is 10.1. The van der Waals surface area contributed by atoms with Crippen molar-refractivity contribution >= 4 is 11.7 Å². The van der Waals surface area contributed by atoms with Gasteiger partial charge in [0.1, 0.15) is 18.0 Å². The Labute approximate surface area is 140 Å². The van der Waals surface area contributed by atoms with Gasteiger partial charge in [0.2, 0.25) is 5.91 Å². The molecule has 0 radical (unpaired) electrons. The number of nitrogens with one attached hydrogen (secondary N) is 2. The van der Waals surface area contributed by atoms with Crippen LogP contribution in [0.5, 0.6) is 0 Å². The van der Waals surface area contributed by atoms with Gasteiger partial charge in [-0.1, -0.05) is 0 Å². The molecular weight excluding hydrogens is 306 g/mol. The fourth-order valence-electron chi connectivity index (χ4n) is 3.34. The van der Waals surface area contributed by atoms with E-state index >= 15 is 0 Å². The zero-order valence-electron chi connectivity index (χ0n) is 13.9. The Morgan fingerprint density at radius 3 is 3.08 bits per heavy atom. The van der Waals surface area contributed by atoms with Crippen molar-refractivity contribution in [2.75, 3.05) is 11.9 Å². The fraction of sp³-hybridized carbons (Fsp3) is 0.625. The third kappa shape index (κ3) is 3.19. The van der Waals surface area contributed by atoms with Crippen LogP contribution in [0.1, 0.15) is 38.1 Å². The monoisotopic (exact) mass is 329 g/mol. The molecular formula is C16H23N7O. The number of hydrogen-bond acceptors (Lipinski definition) is 5. The van der Waals surface area contributed by atoms with E-state index in [0.717, 1.165) is 31.0 Å². The van der Waals surface area contributed by atoms with Crippen LogP contribution in [0.15, 0.2) is 18.6 Å². The number of fused-ring (bicyclic) bond motifs is 1. The number of carbonyl (C=O) groups excluding carboxylic acids is 1. The molecule has 0 aromatic carbocycles. The smallest absolute Gasteiger partial charge is 0.239 e. The Morgan fingerprint density at radius 1 is 1.38 bits per heavy atom. The second-order valence-corrected chi connectivity index (χ2v) is 6.76. The van der Waals surface area contributed by atoms with Crippen LogP contribution < -0.4 is 10.6 Å². The SMILES string of the molecule is C[C@@H](C1CC1)n1nccc1NC(=O)CN[C@H]1CCc2ncnn2C1. The van der Waals surface area contributed by atoms with Crippen LogP contribution in [-0.4, -0.2) is 43.0 Å². The topological polar surface area (TPSA) is 89.7 Å². The van der Waals surface area contributed by atoms with Crippen molar-refractivity contribution in [2.24, 2.45) is 5.92 Å². The second-order valence-electron chi connectivity index (χ2n) is 6.76. The highest BCUT2D eigenvalue weighted by molar-refractivity contribution is 5.91. The summed E-state index contributed by atoms with van der Waals surface area (Å²) < 4.78 is 3.84. The highest BCUT2D eigenvalue weighted by Crippen LogP contribution is 2.40. The number of carbonyl (C=O) groups is 1. The minimum atomic E-state index is -0.0378. The first kappa shape index (κ1) is 15.3. The molecule has 2 aromatic rings. The normalized spacial score (nSPS) is 21.3. The standard InChI is InChI=1S/C16H23N7O/c1-11(12-2-3-12)23-15(6-7-19-23)21-16(24)8-17-13-4-5-14-18-10-20-22(14)9-13/h6-7,10-13,17H,2-5,8-9H2,1H3,(H,21,24)/t11-,13-/m0/s1. The maximum Gasteiger partial charge on any atom is 0.239 e. The number of aromatic nitrogens is 5. The van der Waals surface area contributed by atoms with Gasteiger partial charge in [-0.3, -0.25) is 4.79 Å². The Hall–Kier alpha value is -2.22. The summed E-state index contributed by atoms with van der Waals surface area (Å²) in [4.78, 5) is 16.5. The number of amides is 1. The third-order valence-electron chi connectivity index (χ3n) is 4.98. The highest BCUT2D eigenvalue weighted by atomic mass is 16.2. The summed E-state index contributed by atoms with van der Waals surface area (Å²) in [5.41, 5.74) is 0. The molecule has 0 spiro atoms. The van der Waals surface area contributed by atoms with Crippen molar-refractivity contribution in [1.82, 2.24) is 29.9 Å². The van der Waals surface area contributed by atoms with E-state index in [4.69, 9.17) is 0 Å². The molecule has 2 aliphatic rings. The van der Waals surface area contributed by atoms with E-state index in [1.165, 1.54) is 12.8 Å². The van der Waals surface area contributed by atoms with Crippen LogP contribution >= 0.6 is 0 Å². The molecule has 2 N–H and O–H groups in total. The Morgan fingerprint density at radius 2 is 2.25 bits per heavy atom. The lowest BCUT2D eigenvalue weighted by Gasteiger charge is -2.23. The van der Waals surface area contributed by atoms with Crippen LogP contribution in [0.2, 0.25) is 0 Å². The quantitative estimate of drug-likeness (QED) is 0.825. The van der Waals surface area contributed by atoms with E-state index in [-0.39, 0.29) is 18.5 Å². The summed E-state index contributed by atoms with van der Waals surface area (Å²) >= 11 is 0. The van der Waals surface area contributed by atoms with Crippen molar-refractivity contribution in [2.45, 2.75) is 51.2 Å². The van der Waals surface area contributed by atoms with Crippen LogP contribution in [0, 0.1) is 5.92 Å². The molecule has 1 saturated carbocycles. The summed E-state index contributed by atoms with van der Waals surface area (Å²) in [6.07, 6.45) is 7.71. The lowest BCUT2D eigenvalue weighted by molar-refractivity contribution is -0.115. The molecule has 0 unspecified atom stereocenters. The summed E-state index contributed by atoms with van der Waals surface area (Å²) in [6, 6.07) is 2.45. The largest absolute Gasteiger partial charge is 0.310 e. The van der Waals surface area contributed by atoms with Gasteiger partial charge in [-0.25, -0.2) is 14.3 Å². The first-order valence-electron chi connectivity index (χ1n) is 8.64. The molecule has 4 rings (SSSR count). The van der Waals surface area contributed by atoms with Gasteiger partial charge in [0.25, 0.3) is 0 Å². The molecule has 24 heavy (non-hydrogen) atoms. The molecule has 128 valence electrons. The van der Waals surface area contributed by atoms with Gasteiger partial charge in [0, 0.05) is 18.5 Å². The fourth-order valence-corrected chi connectivity index (χ4v) is 3.34. The van der Waals surface area contributed by atoms with Gasteiger partial charge in [-0.05, 0) is 32.1 Å². The molecule has 0 saturated heterocycles. The first-order chi connectivity index (χ1) is 11.7. The van der Waals surface area contributed by atoms with Crippen LogP contribution in [-0.2, 0) is 17.8 Å². The predicted molar refractivity (Wildman–Crippen MR) is 88.4 cm³/mol. The lowest BCUT2D eigenvalue weighted by Crippen LogP contribution is -2.41. The van der Waals surface area contributed by atoms with E-state index in [1.54, 1.807) is 12.5 Å². The van der Waals surface area contributed by atoms with Crippen molar-refractivity contribution in [3.63, 3.8) is 0 Å². The maximum absolute atomic E-state index is 12.3. The van der Waals surface area contributed by atoms with Gasteiger partial charge in [0.05, 0.1) is 25.3 Å². The minimum Gasteiger partial charge on any atom is -0.310 e. The van der Waals surface area contributed by atoms with Crippen molar-refractivity contribution in [3.8, 4) is 0 Å². The Kier molecular flexibility index (Phi) is 4.05. The average Bonchev–Trinajstić information content (AvgIpc) is 3.16. The zero-order chi connectivity index (χ0) is 16.5.